The molecule has 0 fully saturated rings. The molecule has 1 aromatic rings. The monoisotopic (exact) mass is 230 g/mol. The highest BCUT2D eigenvalue weighted by Crippen LogP contribution is 2.16. The molecule has 1 aromatic heterocycles. The lowest BCUT2D eigenvalue weighted by atomic mass is 10.3. The van der Waals surface area contributed by atoms with Crippen LogP contribution in [-0.2, 0) is 0 Å². The number of nitrogens with zero attached hydrogens (tertiary/aromatic N) is 3. The molecule has 14 heavy (non-hydrogen) atoms. The molecule has 4 nitrogen and oxygen atoms in total. The van der Waals surface area contributed by atoms with E-state index in [2.05, 4.69) is 26.4 Å². The van der Waals surface area contributed by atoms with Crippen molar-refractivity contribution >= 4 is 29.0 Å². The van der Waals surface area contributed by atoms with Crippen LogP contribution in [0.1, 0.15) is 12.8 Å². The minimum Gasteiger partial charge on any atom is -0.367 e. The molecule has 0 aliphatic carbocycles. The summed E-state index contributed by atoms with van der Waals surface area (Å²) in [6.07, 6.45) is 6.65. The summed E-state index contributed by atoms with van der Waals surface area (Å²) in [5, 5.41) is 10.3. The molecule has 0 amide bonds. The van der Waals surface area contributed by atoms with E-state index in [9.17, 15) is 0 Å². The topological polar surface area (TPSA) is 50.7 Å². The Labute approximate surface area is 92.0 Å². The molecule has 6 heteroatoms. The minimum atomic E-state index is 0.0637. The van der Waals surface area contributed by atoms with Crippen molar-refractivity contribution in [2.75, 3.05) is 11.9 Å². The predicted molar refractivity (Wildman–Crippen MR) is 56.4 cm³/mol. The highest BCUT2D eigenvalue weighted by molar-refractivity contribution is 6.32. The van der Waals surface area contributed by atoms with Crippen LogP contribution in [-0.4, -0.2) is 21.7 Å². The van der Waals surface area contributed by atoms with Crippen LogP contribution in [0.2, 0.25) is 10.4 Å². The van der Waals surface area contributed by atoms with Gasteiger partial charge in [-0.25, -0.2) is 0 Å². The molecule has 0 aliphatic rings. The van der Waals surface area contributed by atoms with Gasteiger partial charge in [-0.05, 0) is 18.0 Å². The average molecular weight is 231 g/mol. The maximum Gasteiger partial charge on any atom is 0.245 e. The number of nitrogens with one attached hydrogen (secondary N) is 1. The first-order valence-corrected chi connectivity index (χ1v) is 4.72. The number of aromatic nitrogens is 3. The van der Waals surface area contributed by atoms with E-state index in [0.717, 1.165) is 6.42 Å². The van der Waals surface area contributed by atoms with Gasteiger partial charge in [-0.3, -0.25) is 0 Å². The predicted octanol–water partition coefficient (Wildman–Crippen LogP) is 2.00. The van der Waals surface area contributed by atoms with E-state index < -0.39 is 0 Å². The standard InChI is InChI=1S/C8H8Cl2N4/c1-2-3-4-5-11-7-6(9)13-14-8(10)12-7/h1H,3-5H2,(H,11,12,14). The van der Waals surface area contributed by atoms with Gasteiger partial charge in [0.05, 0.1) is 0 Å². The van der Waals surface area contributed by atoms with Gasteiger partial charge in [-0.2, -0.15) is 4.98 Å². The normalized spacial score (nSPS) is 9.50. The zero-order valence-electron chi connectivity index (χ0n) is 7.30. The fourth-order valence-corrected chi connectivity index (χ4v) is 1.07. The first-order chi connectivity index (χ1) is 6.74. The van der Waals surface area contributed by atoms with E-state index >= 15 is 0 Å². The number of unbranched alkanes of at least 4 members (excludes halogenated alkanes) is 1. The number of anilines is 1. The molecule has 0 unspecified atom stereocenters. The Morgan fingerprint density at radius 1 is 1.36 bits per heavy atom. The lowest BCUT2D eigenvalue weighted by Crippen LogP contribution is -2.05. The smallest absolute Gasteiger partial charge is 0.245 e. The Kier molecular flexibility index (Phi) is 4.44. The Morgan fingerprint density at radius 3 is 2.86 bits per heavy atom. The first-order valence-electron chi connectivity index (χ1n) is 3.97. The maximum atomic E-state index is 5.71. The molecule has 0 aromatic carbocycles. The van der Waals surface area contributed by atoms with Crippen LogP contribution in [0, 0.1) is 12.3 Å². The van der Waals surface area contributed by atoms with Gasteiger partial charge in [-0.15, -0.1) is 22.5 Å². The van der Waals surface area contributed by atoms with E-state index in [0.29, 0.717) is 18.8 Å². The van der Waals surface area contributed by atoms with Gasteiger partial charge >= 0.3 is 0 Å². The second kappa shape index (κ2) is 5.63. The second-order valence-electron chi connectivity index (χ2n) is 2.45. The fourth-order valence-electron chi connectivity index (χ4n) is 0.803. The van der Waals surface area contributed by atoms with Crippen LogP contribution < -0.4 is 5.32 Å². The van der Waals surface area contributed by atoms with Crippen LogP contribution in [0.25, 0.3) is 0 Å². The molecular formula is C8H8Cl2N4. The number of hydrogen-bond acceptors (Lipinski definition) is 4. The van der Waals surface area contributed by atoms with Gasteiger partial charge in [0, 0.05) is 13.0 Å². The highest BCUT2D eigenvalue weighted by atomic mass is 35.5. The van der Waals surface area contributed by atoms with E-state index in [1.165, 1.54) is 0 Å². The lowest BCUT2D eigenvalue weighted by molar-refractivity contribution is 0.888. The van der Waals surface area contributed by atoms with Crippen molar-refractivity contribution in [2.24, 2.45) is 0 Å². The Morgan fingerprint density at radius 2 is 2.14 bits per heavy atom. The van der Waals surface area contributed by atoms with E-state index in [1.54, 1.807) is 0 Å². The molecule has 1 rings (SSSR count). The molecule has 0 spiro atoms. The zero-order valence-corrected chi connectivity index (χ0v) is 8.81. The zero-order chi connectivity index (χ0) is 10.4. The molecule has 0 radical (unpaired) electrons. The van der Waals surface area contributed by atoms with Crippen molar-refractivity contribution in [3.63, 3.8) is 0 Å². The summed E-state index contributed by atoms with van der Waals surface area (Å²) in [5.41, 5.74) is 0. The van der Waals surface area contributed by atoms with Crippen LogP contribution in [0.5, 0.6) is 0 Å². The summed E-state index contributed by atoms with van der Waals surface area (Å²) in [4.78, 5) is 3.87. The van der Waals surface area contributed by atoms with Crippen LogP contribution in [0.4, 0.5) is 5.82 Å². The van der Waals surface area contributed by atoms with E-state index in [4.69, 9.17) is 29.6 Å². The summed E-state index contributed by atoms with van der Waals surface area (Å²) in [6.45, 7) is 0.680. The molecule has 0 atom stereocenters. The van der Waals surface area contributed by atoms with Gasteiger partial charge < -0.3 is 5.32 Å². The molecule has 0 bridgehead atoms. The third kappa shape index (κ3) is 3.36. The summed E-state index contributed by atoms with van der Waals surface area (Å²) in [6, 6.07) is 0. The van der Waals surface area contributed by atoms with E-state index in [1.807, 2.05) is 0 Å². The average Bonchev–Trinajstić information content (AvgIpc) is 2.18. The van der Waals surface area contributed by atoms with Gasteiger partial charge in [-0.1, -0.05) is 11.6 Å². The molecule has 0 aliphatic heterocycles. The Balaban J connectivity index is 2.50. The van der Waals surface area contributed by atoms with Gasteiger partial charge in [0.25, 0.3) is 0 Å². The van der Waals surface area contributed by atoms with E-state index in [-0.39, 0.29) is 10.4 Å². The van der Waals surface area contributed by atoms with Crippen LogP contribution in [0.3, 0.4) is 0 Å². The van der Waals surface area contributed by atoms with Crippen molar-refractivity contribution in [3.8, 4) is 12.3 Å². The Hall–Kier alpha value is -1.05. The van der Waals surface area contributed by atoms with Gasteiger partial charge in [0.2, 0.25) is 5.28 Å². The molecule has 0 saturated carbocycles. The number of hydrogen-bond donors (Lipinski definition) is 1. The second-order valence-corrected chi connectivity index (χ2v) is 3.15. The summed E-state index contributed by atoms with van der Waals surface area (Å²) in [7, 11) is 0. The van der Waals surface area contributed by atoms with Gasteiger partial charge in [0.15, 0.2) is 11.0 Å². The quantitative estimate of drug-likeness (QED) is 0.636. The van der Waals surface area contributed by atoms with Crippen LogP contribution in [0.15, 0.2) is 0 Å². The molecule has 1 N–H and O–H groups in total. The van der Waals surface area contributed by atoms with Gasteiger partial charge in [0.1, 0.15) is 0 Å². The Bertz CT molecular complexity index is 348. The SMILES string of the molecule is C#CCCCNc1nc(Cl)nnc1Cl. The first kappa shape index (κ1) is 11.0. The number of terminal acetylenes is 1. The maximum absolute atomic E-state index is 5.71. The van der Waals surface area contributed by atoms with Crippen molar-refractivity contribution in [1.82, 2.24) is 15.2 Å². The summed E-state index contributed by atoms with van der Waals surface area (Å²) < 4.78 is 0. The van der Waals surface area contributed by atoms with Crippen molar-refractivity contribution in [1.29, 1.82) is 0 Å². The van der Waals surface area contributed by atoms with Crippen molar-refractivity contribution < 1.29 is 0 Å². The lowest BCUT2D eigenvalue weighted by Gasteiger charge is -2.04. The van der Waals surface area contributed by atoms with Crippen LogP contribution >= 0.6 is 23.2 Å². The molecule has 1 heterocycles. The number of rotatable bonds is 4. The largest absolute Gasteiger partial charge is 0.367 e. The third-order valence-electron chi connectivity index (χ3n) is 1.41. The van der Waals surface area contributed by atoms with Crippen molar-refractivity contribution in [2.45, 2.75) is 12.8 Å². The fraction of sp³-hybridized carbons (Fsp3) is 0.375. The minimum absolute atomic E-state index is 0.0637. The molecular weight excluding hydrogens is 223 g/mol. The number of halogens is 2. The third-order valence-corrected chi connectivity index (χ3v) is 1.82. The summed E-state index contributed by atoms with van der Waals surface area (Å²) >= 11 is 11.3. The highest BCUT2D eigenvalue weighted by Gasteiger charge is 2.04. The molecule has 74 valence electrons. The molecule has 0 saturated heterocycles. The summed E-state index contributed by atoms with van der Waals surface area (Å²) in [5.74, 6) is 2.97. The van der Waals surface area contributed by atoms with Crippen molar-refractivity contribution in [3.05, 3.63) is 10.4 Å².